The molecule has 2 amide bonds. The molecule has 1 atom stereocenters. The van der Waals surface area contributed by atoms with Crippen molar-refractivity contribution in [3.63, 3.8) is 0 Å². The second-order valence-electron chi connectivity index (χ2n) is 6.42. The number of nitrogens with one attached hydrogen (secondary N) is 1. The third kappa shape index (κ3) is 4.12. The van der Waals surface area contributed by atoms with E-state index < -0.39 is 24.5 Å². The van der Waals surface area contributed by atoms with Crippen molar-refractivity contribution in [2.45, 2.75) is 26.5 Å². The van der Waals surface area contributed by atoms with Crippen molar-refractivity contribution in [1.82, 2.24) is 10.3 Å². The Balaban J connectivity index is 1.84. The summed E-state index contributed by atoms with van der Waals surface area (Å²) in [6.07, 6.45) is 1.76. The summed E-state index contributed by atoms with van der Waals surface area (Å²) in [5.41, 5.74) is 7.76. The third-order valence-electron chi connectivity index (χ3n) is 4.25. The van der Waals surface area contributed by atoms with Gasteiger partial charge in [-0.15, -0.1) is 0 Å². The Hall–Kier alpha value is -3.39. The topological polar surface area (TPSA) is 128 Å². The summed E-state index contributed by atoms with van der Waals surface area (Å²) in [5, 5.41) is 12.1. The van der Waals surface area contributed by atoms with Crippen molar-refractivity contribution in [3.8, 4) is 5.75 Å². The summed E-state index contributed by atoms with van der Waals surface area (Å²) in [6.45, 7) is 3.29. The molecular formula is C20H21N3O5. The molecule has 0 saturated heterocycles. The van der Waals surface area contributed by atoms with E-state index in [4.69, 9.17) is 14.9 Å². The van der Waals surface area contributed by atoms with Crippen LogP contribution in [0.4, 0.5) is 0 Å². The van der Waals surface area contributed by atoms with E-state index in [2.05, 4.69) is 10.3 Å². The summed E-state index contributed by atoms with van der Waals surface area (Å²) < 4.78 is 11.4. The quantitative estimate of drug-likeness (QED) is 0.569. The zero-order valence-corrected chi connectivity index (χ0v) is 15.6. The number of primary amides is 1. The lowest BCUT2D eigenvalue weighted by molar-refractivity contribution is -0.120. The van der Waals surface area contributed by atoms with Gasteiger partial charge < -0.3 is 25.3 Å². The minimum Gasteiger partial charge on any atom is -0.487 e. The number of ether oxygens (including phenoxy) is 1. The smallest absolute Gasteiger partial charge is 0.256 e. The third-order valence-corrected chi connectivity index (χ3v) is 4.25. The first-order valence-corrected chi connectivity index (χ1v) is 8.67. The van der Waals surface area contributed by atoms with Crippen LogP contribution in [-0.2, 0) is 11.4 Å². The first-order chi connectivity index (χ1) is 13.4. The Morgan fingerprint density at radius 3 is 2.71 bits per heavy atom. The maximum atomic E-state index is 12.6. The fourth-order valence-corrected chi connectivity index (χ4v) is 2.75. The highest BCUT2D eigenvalue weighted by Crippen LogP contribution is 2.29. The lowest BCUT2D eigenvalue weighted by Gasteiger charge is -2.12. The van der Waals surface area contributed by atoms with Gasteiger partial charge in [-0.3, -0.25) is 14.6 Å². The molecule has 3 aromatic rings. The molecule has 0 fully saturated rings. The molecule has 0 unspecified atom stereocenters. The fourth-order valence-electron chi connectivity index (χ4n) is 2.75. The molecule has 146 valence electrons. The molecule has 2 heterocycles. The van der Waals surface area contributed by atoms with Crippen LogP contribution in [0.3, 0.4) is 0 Å². The van der Waals surface area contributed by atoms with Crippen LogP contribution in [0.2, 0.25) is 0 Å². The lowest BCUT2D eigenvalue weighted by Crippen LogP contribution is -2.46. The number of amides is 2. The van der Waals surface area contributed by atoms with E-state index in [1.807, 2.05) is 19.1 Å². The minimum absolute atomic E-state index is 0.258. The van der Waals surface area contributed by atoms with Gasteiger partial charge in [0.15, 0.2) is 0 Å². The zero-order chi connectivity index (χ0) is 20.3. The Morgan fingerprint density at radius 2 is 2.07 bits per heavy atom. The molecule has 8 heteroatoms. The van der Waals surface area contributed by atoms with Crippen LogP contribution >= 0.6 is 0 Å². The van der Waals surface area contributed by atoms with Gasteiger partial charge in [-0.05, 0) is 43.7 Å². The van der Waals surface area contributed by atoms with Crippen molar-refractivity contribution >= 4 is 22.8 Å². The number of hydrogen-bond acceptors (Lipinski definition) is 6. The Morgan fingerprint density at radius 1 is 1.29 bits per heavy atom. The van der Waals surface area contributed by atoms with E-state index >= 15 is 0 Å². The number of hydrogen-bond donors (Lipinski definition) is 3. The van der Waals surface area contributed by atoms with Crippen molar-refractivity contribution in [1.29, 1.82) is 0 Å². The number of fused-ring (bicyclic) bond motifs is 1. The first kappa shape index (κ1) is 19.4. The summed E-state index contributed by atoms with van der Waals surface area (Å²) >= 11 is 0. The number of aromatic nitrogens is 1. The van der Waals surface area contributed by atoms with Crippen LogP contribution in [0.5, 0.6) is 5.75 Å². The van der Waals surface area contributed by atoms with Gasteiger partial charge in [0, 0.05) is 11.6 Å². The van der Waals surface area contributed by atoms with Crippen molar-refractivity contribution in [2.75, 3.05) is 6.61 Å². The van der Waals surface area contributed by atoms with Gasteiger partial charge >= 0.3 is 0 Å². The Kier molecular flexibility index (Phi) is 5.60. The van der Waals surface area contributed by atoms with Crippen molar-refractivity contribution in [3.05, 3.63) is 59.1 Å². The van der Waals surface area contributed by atoms with E-state index in [0.29, 0.717) is 22.5 Å². The molecule has 0 aliphatic carbocycles. The number of furan rings is 1. The highest BCUT2D eigenvalue weighted by atomic mass is 16.5. The van der Waals surface area contributed by atoms with E-state index in [1.165, 1.54) is 0 Å². The first-order valence-electron chi connectivity index (χ1n) is 8.67. The average molecular weight is 383 g/mol. The molecule has 0 radical (unpaired) electrons. The summed E-state index contributed by atoms with van der Waals surface area (Å²) in [7, 11) is 0. The van der Waals surface area contributed by atoms with Gasteiger partial charge in [0.05, 0.1) is 17.9 Å². The molecule has 4 N–H and O–H groups in total. The van der Waals surface area contributed by atoms with Gasteiger partial charge in [0.1, 0.15) is 29.7 Å². The normalized spacial score (nSPS) is 12.0. The van der Waals surface area contributed by atoms with E-state index in [9.17, 15) is 14.7 Å². The minimum atomic E-state index is -1.18. The molecular weight excluding hydrogens is 362 g/mol. The molecule has 8 nitrogen and oxygen atoms in total. The number of nitrogens with two attached hydrogens (primary N) is 1. The molecule has 28 heavy (non-hydrogen) atoms. The summed E-state index contributed by atoms with van der Waals surface area (Å²) in [5.74, 6) is -0.466. The molecule has 0 saturated carbocycles. The predicted molar refractivity (Wildman–Crippen MR) is 102 cm³/mol. The highest BCUT2D eigenvalue weighted by molar-refractivity contribution is 6.08. The Bertz CT molecular complexity index is 1010. The van der Waals surface area contributed by atoms with Crippen LogP contribution < -0.4 is 15.8 Å². The molecule has 0 spiro atoms. The summed E-state index contributed by atoms with van der Waals surface area (Å²) in [4.78, 5) is 28.2. The number of nitrogens with zero attached hydrogens (tertiary/aromatic N) is 1. The van der Waals surface area contributed by atoms with Crippen LogP contribution in [0.25, 0.3) is 11.0 Å². The van der Waals surface area contributed by atoms with Gasteiger partial charge in [-0.25, -0.2) is 0 Å². The zero-order valence-electron chi connectivity index (χ0n) is 15.6. The molecule has 0 aliphatic rings. The van der Waals surface area contributed by atoms with E-state index in [-0.39, 0.29) is 12.2 Å². The van der Waals surface area contributed by atoms with Crippen LogP contribution in [0.1, 0.15) is 27.4 Å². The van der Waals surface area contributed by atoms with Crippen LogP contribution in [0, 0.1) is 13.8 Å². The van der Waals surface area contributed by atoms with Crippen LogP contribution in [-0.4, -0.2) is 34.6 Å². The number of aryl methyl sites for hydroxylation is 2. The number of rotatable bonds is 7. The highest BCUT2D eigenvalue weighted by Gasteiger charge is 2.23. The summed E-state index contributed by atoms with van der Waals surface area (Å²) in [6, 6.07) is 7.78. The number of aliphatic hydroxyl groups is 1. The molecule has 1 aromatic carbocycles. The lowest BCUT2D eigenvalue weighted by atomic mass is 10.1. The molecule has 2 aromatic heterocycles. The SMILES string of the molecule is Cc1ccc(COc2ccc3oc(C)c(C(=O)N[C@@H](CO)C(N)=O)c3c2)nc1. The van der Waals surface area contributed by atoms with Crippen molar-refractivity contribution in [2.24, 2.45) is 5.73 Å². The number of benzene rings is 1. The van der Waals surface area contributed by atoms with Gasteiger partial charge in [-0.1, -0.05) is 6.07 Å². The number of carbonyl (C=O) groups is 2. The number of aliphatic hydroxyl groups excluding tert-OH is 1. The van der Waals surface area contributed by atoms with E-state index in [1.54, 1.807) is 31.3 Å². The number of pyridine rings is 1. The standard InChI is InChI=1S/C20H21N3O5/c1-11-3-4-13(22-8-11)10-27-14-5-6-17-15(7-14)18(12(2)28-17)20(26)23-16(9-24)19(21)25/h3-8,16,24H,9-10H2,1-2H3,(H2,21,25)(H,23,26)/t16-/m0/s1. The van der Waals surface area contributed by atoms with Gasteiger partial charge in [-0.2, -0.15) is 0 Å². The van der Waals surface area contributed by atoms with Crippen LogP contribution in [0.15, 0.2) is 40.9 Å². The van der Waals surface area contributed by atoms with Crippen molar-refractivity contribution < 1.29 is 23.8 Å². The largest absolute Gasteiger partial charge is 0.487 e. The maximum Gasteiger partial charge on any atom is 0.256 e. The number of carbonyl (C=O) groups excluding carboxylic acids is 2. The molecule has 3 rings (SSSR count). The fraction of sp³-hybridized carbons (Fsp3) is 0.250. The molecule has 0 aliphatic heterocycles. The van der Waals surface area contributed by atoms with Gasteiger partial charge in [0.25, 0.3) is 5.91 Å². The second-order valence-corrected chi connectivity index (χ2v) is 6.42. The van der Waals surface area contributed by atoms with E-state index in [0.717, 1.165) is 11.3 Å². The molecule has 0 bridgehead atoms. The maximum absolute atomic E-state index is 12.6. The average Bonchev–Trinajstić information content (AvgIpc) is 3.00. The van der Waals surface area contributed by atoms with Gasteiger partial charge in [0.2, 0.25) is 5.91 Å². The second kappa shape index (κ2) is 8.10. The predicted octanol–water partition coefficient (Wildman–Crippen LogP) is 1.60. The monoisotopic (exact) mass is 383 g/mol. The Labute approximate surface area is 161 Å².